The molecule has 4 rings (SSSR count). The van der Waals surface area contributed by atoms with Crippen molar-refractivity contribution in [1.29, 1.82) is 0 Å². The van der Waals surface area contributed by atoms with E-state index >= 15 is 0 Å². The first-order chi connectivity index (χ1) is 10.8. The minimum atomic E-state index is 0.419. The summed E-state index contributed by atoms with van der Waals surface area (Å²) in [7, 11) is 0. The van der Waals surface area contributed by atoms with Gasteiger partial charge in [-0.15, -0.1) is 11.3 Å². The van der Waals surface area contributed by atoms with Crippen molar-refractivity contribution in [1.82, 2.24) is 9.88 Å². The van der Waals surface area contributed by atoms with Crippen LogP contribution in [0.5, 0.6) is 0 Å². The predicted octanol–water partition coefficient (Wildman–Crippen LogP) is 3.01. The van der Waals surface area contributed by atoms with Gasteiger partial charge in [0.1, 0.15) is 0 Å². The minimum Gasteiger partial charge on any atom is -0.348 e. The van der Waals surface area contributed by atoms with Crippen molar-refractivity contribution in [2.45, 2.75) is 38.5 Å². The molecule has 2 unspecified atom stereocenters. The number of fused-ring (bicyclic) bond motifs is 1. The van der Waals surface area contributed by atoms with Crippen LogP contribution in [0.3, 0.4) is 0 Å². The number of likely N-dealkylation sites (tertiary alicyclic amines) is 1. The predicted molar refractivity (Wildman–Crippen MR) is 89.1 cm³/mol. The van der Waals surface area contributed by atoms with Crippen LogP contribution < -0.4 is 4.90 Å². The summed E-state index contributed by atoms with van der Waals surface area (Å²) in [4.78, 5) is 21.5. The van der Waals surface area contributed by atoms with Crippen LogP contribution in [0.1, 0.15) is 38.5 Å². The molecule has 120 valence electrons. The van der Waals surface area contributed by atoms with Gasteiger partial charge in [0.25, 0.3) is 0 Å². The summed E-state index contributed by atoms with van der Waals surface area (Å²) in [5.74, 6) is 2.62. The number of hydrogen-bond acceptors (Lipinski definition) is 4. The van der Waals surface area contributed by atoms with Crippen LogP contribution in [0.2, 0.25) is 0 Å². The molecule has 1 aromatic heterocycles. The monoisotopic (exact) mass is 319 g/mol. The average Bonchev–Trinajstić information content (AvgIpc) is 3.24. The lowest BCUT2D eigenvalue weighted by Gasteiger charge is -2.32. The summed E-state index contributed by atoms with van der Waals surface area (Å²) < 4.78 is 0. The number of hydrogen-bond donors (Lipinski definition) is 0. The summed E-state index contributed by atoms with van der Waals surface area (Å²) in [5.41, 5.74) is 0. The molecule has 0 bridgehead atoms. The van der Waals surface area contributed by atoms with Crippen molar-refractivity contribution in [2.75, 3.05) is 31.1 Å². The molecule has 3 aliphatic rings. The second kappa shape index (κ2) is 6.19. The van der Waals surface area contributed by atoms with Crippen LogP contribution >= 0.6 is 11.3 Å². The van der Waals surface area contributed by atoms with Gasteiger partial charge in [-0.05, 0) is 43.4 Å². The maximum Gasteiger partial charge on any atom is 0.222 e. The van der Waals surface area contributed by atoms with Gasteiger partial charge in [0.2, 0.25) is 5.91 Å². The molecule has 22 heavy (non-hydrogen) atoms. The fraction of sp³-hybridized carbons (Fsp3) is 0.765. The van der Waals surface area contributed by atoms with Crippen LogP contribution in [0.15, 0.2) is 11.6 Å². The molecule has 0 N–H and O–H groups in total. The third kappa shape index (κ3) is 2.87. The number of carbonyl (C=O) groups is 1. The van der Waals surface area contributed by atoms with E-state index in [2.05, 4.69) is 14.8 Å². The average molecular weight is 319 g/mol. The molecule has 2 saturated heterocycles. The Hall–Kier alpha value is -1.10. The van der Waals surface area contributed by atoms with E-state index in [0.29, 0.717) is 11.8 Å². The lowest BCUT2D eigenvalue weighted by molar-refractivity contribution is -0.131. The highest BCUT2D eigenvalue weighted by atomic mass is 32.1. The number of nitrogens with zero attached hydrogens (tertiary/aromatic N) is 3. The number of carbonyl (C=O) groups excluding carboxylic acids is 1. The number of piperidine rings is 1. The Kier molecular flexibility index (Phi) is 4.07. The van der Waals surface area contributed by atoms with Gasteiger partial charge in [-0.1, -0.05) is 6.42 Å². The quantitative estimate of drug-likeness (QED) is 0.859. The summed E-state index contributed by atoms with van der Waals surface area (Å²) >= 11 is 1.71. The van der Waals surface area contributed by atoms with E-state index in [4.69, 9.17) is 0 Å². The molecule has 0 spiro atoms. The number of anilines is 1. The Morgan fingerprint density at radius 1 is 1.18 bits per heavy atom. The topological polar surface area (TPSA) is 36.4 Å². The van der Waals surface area contributed by atoms with E-state index < -0.39 is 0 Å². The van der Waals surface area contributed by atoms with E-state index in [-0.39, 0.29) is 0 Å². The third-order valence-electron chi connectivity index (χ3n) is 5.85. The molecular weight excluding hydrogens is 294 g/mol. The van der Waals surface area contributed by atoms with Gasteiger partial charge in [0.05, 0.1) is 0 Å². The highest BCUT2D eigenvalue weighted by Crippen LogP contribution is 2.38. The van der Waals surface area contributed by atoms with Crippen LogP contribution in [0.4, 0.5) is 5.13 Å². The lowest BCUT2D eigenvalue weighted by Crippen LogP contribution is -2.37. The van der Waals surface area contributed by atoms with Gasteiger partial charge in [0, 0.05) is 44.2 Å². The van der Waals surface area contributed by atoms with Crippen LogP contribution in [-0.4, -0.2) is 42.0 Å². The molecule has 2 atom stereocenters. The van der Waals surface area contributed by atoms with E-state index in [9.17, 15) is 4.79 Å². The second-order valence-corrected chi connectivity index (χ2v) is 8.07. The number of aromatic nitrogens is 1. The molecule has 0 aromatic carbocycles. The van der Waals surface area contributed by atoms with Crippen LogP contribution in [0, 0.1) is 17.8 Å². The van der Waals surface area contributed by atoms with Crippen LogP contribution in [0.25, 0.3) is 0 Å². The van der Waals surface area contributed by atoms with Gasteiger partial charge in [-0.2, -0.15) is 0 Å². The molecule has 3 heterocycles. The zero-order chi connectivity index (χ0) is 14.9. The van der Waals surface area contributed by atoms with Gasteiger partial charge in [-0.25, -0.2) is 4.98 Å². The molecule has 5 heteroatoms. The maximum absolute atomic E-state index is 12.6. The Balaban J connectivity index is 1.25. The third-order valence-corrected chi connectivity index (χ3v) is 6.68. The summed E-state index contributed by atoms with van der Waals surface area (Å²) in [6.45, 7) is 4.19. The highest BCUT2D eigenvalue weighted by molar-refractivity contribution is 7.13. The summed E-state index contributed by atoms with van der Waals surface area (Å²) in [6.07, 6.45) is 8.98. The number of thiazole rings is 1. The molecule has 3 fully saturated rings. The zero-order valence-electron chi connectivity index (χ0n) is 13.1. The lowest BCUT2D eigenvalue weighted by atomic mass is 9.93. The Bertz CT molecular complexity index is 498. The number of rotatable bonds is 3. The molecule has 2 aliphatic heterocycles. The second-order valence-electron chi connectivity index (χ2n) is 7.20. The largest absolute Gasteiger partial charge is 0.348 e. The van der Waals surface area contributed by atoms with E-state index in [1.54, 1.807) is 11.3 Å². The van der Waals surface area contributed by atoms with Crippen molar-refractivity contribution < 1.29 is 4.79 Å². The number of amides is 1. The molecule has 4 nitrogen and oxygen atoms in total. The van der Waals surface area contributed by atoms with E-state index in [1.165, 1.54) is 19.3 Å². The van der Waals surface area contributed by atoms with Crippen molar-refractivity contribution in [3.63, 3.8) is 0 Å². The van der Waals surface area contributed by atoms with E-state index in [1.807, 2.05) is 11.6 Å². The van der Waals surface area contributed by atoms with Gasteiger partial charge in [0.15, 0.2) is 5.13 Å². The normalized spacial score (nSPS) is 29.1. The molecule has 1 saturated carbocycles. The molecule has 1 aromatic rings. The van der Waals surface area contributed by atoms with E-state index in [0.717, 1.165) is 62.4 Å². The first kappa shape index (κ1) is 14.5. The first-order valence-electron chi connectivity index (χ1n) is 8.72. The molecule has 0 radical (unpaired) electrons. The molecule has 1 amide bonds. The van der Waals surface area contributed by atoms with Gasteiger partial charge in [-0.3, -0.25) is 4.79 Å². The highest BCUT2D eigenvalue weighted by Gasteiger charge is 2.38. The van der Waals surface area contributed by atoms with Gasteiger partial charge < -0.3 is 9.80 Å². The van der Waals surface area contributed by atoms with Crippen molar-refractivity contribution in [3.05, 3.63) is 11.6 Å². The maximum atomic E-state index is 12.6. The fourth-order valence-electron chi connectivity index (χ4n) is 4.52. The SMILES string of the molecule is O=C(CC1CCN(c2nccs2)CC1)N1CC2CCCC2C1. The summed E-state index contributed by atoms with van der Waals surface area (Å²) in [6, 6.07) is 0. The Morgan fingerprint density at radius 3 is 2.55 bits per heavy atom. The Morgan fingerprint density at radius 2 is 1.91 bits per heavy atom. The van der Waals surface area contributed by atoms with Crippen LogP contribution in [-0.2, 0) is 4.79 Å². The van der Waals surface area contributed by atoms with Crippen molar-refractivity contribution in [3.8, 4) is 0 Å². The Labute approximate surface area is 136 Å². The van der Waals surface area contributed by atoms with Gasteiger partial charge >= 0.3 is 0 Å². The fourth-order valence-corrected chi connectivity index (χ4v) is 5.21. The first-order valence-corrected chi connectivity index (χ1v) is 9.60. The minimum absolute atomic E-state index is 0.419. The smallest absolute Gasteiger partial charge is 0.222 e. The standard InChI is InChI=1S/C17H25N3OS/c21-16(20-11-14-2-1-3-15(14)12-20)10-13-4-7-19(8-5-13)17-18-6-9-22-17/h6,9,13-15H,1-5,7-8,10-12H2. The van der Waals surface area contributed by atoms with Crippen molar-refractivity contribution in [2.24, 2.45) is 17.8 Å². The molecule has 1 aliphatic carbocycles. The summed E-state index contributed by atoms with van der Waals surface area (Å²) in [5, 5.41) is 3.17. The molecular formula is C17H25N3OS. The zero-order valence-corrected chi connectivity index (χ0v) is 13.9. The van der Waals surface area contributed by atoms with Crippen molar-refractivity contribution >= 4 is 22.4 Å².